The average Bonchev–Trinajstić information content (AvgIpc) is 2.98. The molecule has 4 heteroatoms. The standard InChI is InChI=1S/C18H11NO3/c1-10(20)13-9-14-11(6-8-19-7-2-3-15(14)19)12-4-5-16(21)18(22)17(12)13/h2-9H,1H3. The van der Waals surface area contributed by atoms with Gasteiger partial charge >= 0.3 is 0 Å². The van der Waals surface area contributed by atoms with Gasteiger partial charge in [0.25, 0.3) is 0 Å². The van der Waals surface area contributed by atoms with Gasteiger partial charge in [-0.25, -0.2) is 0 Å². The van der Waals surface area contributed by atoms with Crippen LogP contribution in [0.25, 0.3) is 22.4 Å². The summed E-state index contributed by atoms with van der Waals surface area (Å²) in [7, 11) is 0. The molecule has 2 heterocycles. The van der Waals surface area contributed by atoms with Crippen molar-refractivity contribution in [1.82, 2.24) is 4.40 Å². The van der Waals surface area contributed by atoms with Gasteiger partial charge in [-0.15, -0.1) is 0 Å². The Morgan fingerprint density at radius 3 is 2.64 bits per heavy atom. The maximum Gasteiger partial charge on any atom is 0.234 e. The van der Waals surface area contributed by atoms with Crippen LogP contribution in [-0.4, -0.2) is 21.8 Å². The number of benzene rings is 1. The third-order valence-corrected chi connectivity index (χ3v) is 4.10. The molecule has 2 aromatic heterocycles. The van der Waals surface area contributed by atoms with Gasteiger partial charge < -0.3 is 4.40 Å². The Morgan fingerprint density at radius 1 is 1.05 bits per heavy atom. The fourth-order valence-corrected chi connectivity index (χ4v) is 3.07. The largest absolute Gasteiger partial charge is 0.323 e. The zero-order chi connectivity index (χ0) is 15.4. The summed E-state index contributed by atoms with van der Waals surface area (Å²) in [5, 5.41) is 1.76. The highest BCUT2D eigenvalue weighted by atomic mass is 16.2. The van der Waals surface area contributed by atoms with Crippen molar-refractivity contribution in [1.29, 1.82) is 0 Å². The Balaban J connectivity index is 2.26. The van der Waals surface area contributed by atoms with Gasteiger partial charge in [-0.05, 0) is 54.3 Å². The van der Waals surface area contributed by atoms with Gasteiger partial charge in [0.05, 0.1) is 5.52 Å². The van der Waals surface area contributed by atoms with Crippen LogP contribution in [0.5, 0.6) is 0 Å². The number of fused-ring (bicyclic) bond motifs is 5. The Morgan fingerprint density at radius 2 is 1.86 bits per heavy atom. The monoisotopic (exact) mass is 289 g/mol. The second-order valence-electron chi connectivity index (χ2n) is 5.37. The van der Waals surface area contributed by atoms with E-state index in [0.717, 1.165) is 16.3 Å². The van der Waals surface area contributed by atoms with Crippen molar-refractivity contribution in [3.8, 4) is 0 Å². The van der Waals surface area contributed by atoms with Crippen molar-refractivity contribution < 1.29 is 14.4 Å². The summed E-state index contributed by atoms with van der Waals surface area (Å²) in [5.74, 6) is -1.42. The molecule has 0 radical (unpaired) electrons. The summed E-state index contributed by atoms with van der Waals surface area (Å²) in [6.45, 7) is 1.41. The minimum absolute atomic E-state index is 0.219. The predicted molar refractivity (Wildman–Crippen MR) is 83.3 cm³/mol. The average molecular weight is 289 g/mol. The number of ketones is 3. The molecule has 0 bridgehead atoms. The van der Waals surface area contributed by atoms with Crippen LogP contribution >= 0.6 is 0 Å². The smallest absolute Gasteiger partial charge is 0.234 e. The van der Waals surface area contributed by atoms with E-state index in [1.54, 1.807) is 12.1 Å². The molecule has 0 amide bonds. The Kier molecular flexibility index (Phi) is 2.45. The van der Waals surface area contributed by atoms with Crippen LogP contribution in [0, 0.1) is 0 Å². The quantitative estimate of drug-likeness (QED) is 0.511. The Labute approximate surface area is 125 Å². The molecular formula is C18H11NO3. The zero-order valence-corrected chi connectivity index (χ0v) is 11.8. The number of hydrogen-bond donors (Lipinski definition) is 0. The summed E-state index contributed by atoms with van der Waals surface area (Å²) < 4.78 is 1.96. The molecule has 22 heavy (non-hydrogen) atoms. The third-order valence-electron chi connectivity index (χ3n) is 4.10. The van der Waals surface area contributed by atoms with Crippen LogP contribution in [-0.2, 0) is 4.79 Å². The molecule has 106 valence electrons. The molecule has 0 aliphatic heterocycles. The molecule has 4 nitrogen and oxygen atoms in total. The maximum absolute atomic E-state index is 12.2. The first-order valence-electron chi connectivity index (χ1n) is 6.92. The third kappa shape index (κ3) is 1.55. The van der Waals surface area contributed by atoms with Crippen LogP contribution in [0.3, 0.4) is 0 Å². The summed E-state index contributed by atoms with van der Waals surface area (Å²) in [6.07, 6.45) is 6.73. The highest BCUT2D eigenvalue weighted by molar-refractivity contribution is 6.51. The molecule has 0 unspecified atom stereocenters. The van der Waals surface area contributed by atoms with Gasteiger partial charge in [-0.3, -0.25) is 14.4 Å². The van der Waals surface area contributed by atoms with E-state index in [0.29, 0.717) is 11.1 Å². The van der Waals surface area contributed by atoms with Gasteiger partial charge in [0.1, 0.15) is 0 Å². The van der Waals surface area contributed by atoms with Crippen molar-refractivity contribution in [2.45, 2.75) is 6.92 Å². The number of nitrogens with zero attached hydrogens (tertiary/aromatic N) is 1. The number of carbonyl (C=O) groups is 3. The molecule has 0 atom stereocenters. The van der Waals surface area contributed by atoms with Crippen LogP contribution in [0.2, 0.25) is 0 Å². The van der Waals surface area contributed by atoms with Crippen LogP contribution in [0.1, 0.15) is 33.2 Å². The van der Waals surface area contributed by atoms with E-state index in [-0.39, 0.29) is 11.3 Å². The number of carbonyl (C=O) groups excluding carboxylic acids is 3. The SMILES string of the molecule is CC(=O)c1cc2c(ccn3cccc23)c2c1C(=O)C(=O)C=C2. The number of allylic oxidation sites excluding steroid dienone is 1. The molecule has 0 saturated carbocycles. The molecule has 1 aromatic carbocycles. The van der Waals surface area contributed by atoms with E-state index >= 15 is 0 Å². The zero-order valence-electron chi connectivity index (χ0n) is 11.8. The van der Waals surface area contributed by atoms with E-state index in [4.69, 9.17) is 0 Å². The molecular weight excluding hydrogens is 278 g/mol. The van der Waals surface area contributed by atoms with Crippen LogP contribution < -0.4 is 0 Å². The fraction of sp³-hybridized carbons (Fsp3) is 0.0556. The lowest BCUT2D eigenvalue weighted by Crippen LogP contribution is -2.20. The minimum Gasteiger partial charge on any atom is -0.323 e. The highest BCUT2D eigenvalue weighted by Crippen LogP contribution is 2.33. The van der Waals surface area contributed by atoms with Gasteiger partial charge in [-0.2, -0.15) is 0 Å². The van der Waals surface area contributed by atoms with Crippen molar-refractivity contribution >= 4 is 39.7 Å². The summed E-state index contributed by atoms with van der Waals surface area (Å²) >= 11 is 0. The van der Waals surface area contributed by atoms with Gasteiger partial charge in [0.15, 0.2) is 5.78 Å². The Bertz CT molecular complexity index is 1040. The predicted octanol–water partition coefficient (Wildman–Crippen LogP) is 3.07. The lowest BCUT2D eigenvalue weighted by molar-refractivity contribution is -0.110. The number of aromatic nitrogens is 1. The van der Waals surface area contributed by atoms with Gasteiger partial charge in [0.2, 0.25) is 11.6 Å². The van der Waals surface area contributed by atoms with E-state index in [2.05, 4.69) is 0 Å². The first-order valence-corrected chi connectivity index (χ1v) is 6.92. The number of rotatable bonds is 1. The molecule has 4 rings (SSSR count). The second kappa shape index (κ2) is 4.24. The molecule has 0 spiro atoms. The maximum atomic E-state index is 12.2. The Hall–Kier alpha value is -3.01. The lowest BCUT2D eigenvalue weighted by atomic mass is 9.86. The highest BCUT2D eigenvalue weighted by Gasteiger charge is 2.27. The number of Topliss-reactive ketones (excluding diaryl/α,β-unsaturated/α-hetero) is 2. The molecule has 0 N–H and O–H groups in total. The van der Waals surface area contributed by atoms with E-state index in [9.17, 15) is 14.4 Å². The van der Waals surface area contributed by atoms with Crippen molar-refractivity contribution in [2.24, 2.45) is 0 Å². The molecule has 1 aliphatic carbocycles. The van der Waals surface area contributed by atoms with Crippen molar-refractivity contribution in [3.05, 3.63) is 59.4 Å². The molecule has 0 fully saturated rings. The van der Waals surface area contributed by atoms with E-state index in [1.165, 1.54) is 13.0 Å². The molecule has 0 saturated heterocycles. The van der Waals surface area contributed by atoms with Crippen molar-refractivity contribution in [2.75, 3.05) is 0 Å². The number of pyridine rings is 1. The first-order chi connectivity index (χ1) is 10.6. The summed E-state index contributed by atoms with van der Waals surface area (Å²) in [5.41, 5.74) is 2.14. The van der Waals surface area contributed by atoms with E-state index in [1.807, 2.05) is 35.0 Å². The van der Waals surface area contributed by atoms with Crippen LogP contribution in [0.15, 0.2) is 42.7 Å². The second-order valence-corrected chi connectivity index (χ2v) is 5.37. The summed E-state index contributed by atoms with van der Waals surface area (Å²) in [4.78, 5) is 35.9. The number of hydrogen-bond acceptors (Lipinski definition) is 3. The van der Waals surface area contributed by atoms with E-state index < -0.39 is 11.6 Å². The molecule has 1 aliphatic rings. The molecule has 3 aromatic rings. The topological polar surface area (TPSA) is 55.6 Å². The minimum atomic E-state index is -0.611. The van der Waals surface area contributed by atoms with Gasteiger partial charge in [0, 0.05) is 28.9 Å². The lowest BCUT2D eigenvalue weighted by Gasteiger charge is -2.16. The first kappa shape index (κ1) is 12.7. The normalized spacial score (nSPS) is 13.9. The summed E-state index contributed by atoms with van der Waals surface area (Å²) in [6, 6.07) is 7.50. The fourth-order valence-electron chi connectivity index (χ4n) is 3.07. The van der Waals surface area contributed by atoms with Gasteiger partial charge in [-0.1, -0.05) is 0 Å². The van der Waals surface area contributed by atoms with Crippen LogP contribution in [0.4, 0.5) is 0 Å². The van der Waals surface area contributed by atoms with Crippen molar-refractivity contribution in [3.63, 3.8) is 0 Å².